The normalized spacial score (nSPS) is 12.5. The van der Waals surface area contributed by atoms with Crippen molar-refractivity contribution in [3.63, 3.8) is 0 Å². The number of ketones is 1. The van der Waals surface area contributed by atoms with Crippen molar-refractivity contribution in [3.05, 3.63) is 33.8 Å². The number of hydrogen-bond acceptors (Lipinski definition) is 2. The van der Waals surface area contributed by atoms with E-state index in [0.717, 1.165) is 18.4 Å². The standard InChI is InChI=1S/C13H17Cl2NO/c1-9(16)4-2-5-10(17)8-11-12(14)6-3-7-13(11)15/h3,6-7,9H,2,4-5,8,16H2,1H3. The maximum atomic E-state index is 11.7. The summed E-state index contributed by atoms with van der Waals surface area (Å²) in [5.74, 6) is 0.153. The molecule has 0 spiro atoms. The van der Waals surface area contributed by atoms with Crippen LogP contribution in [0.3, 0.4) is 0 Å². The summed E-state index contributed by atoms with van der Waals surface area (Å²) >= 11 is 12.0. The summed E-state index contributed by atoms with van der Waals surface area (Å²) in [6.45, 7) is 1.94. The highest BCUT2D eigenvalue weighted by Crippen LogP contribution is 2.25. The quantitative estimate of drug-likeness (QED) is 0.860. The monoisotopic (exact) mass is 273 g/mol. The van der Waals surface area contributed by atoms with Crippen LogP contribution in [0.5, 0.6) is 0 Å². The summed E-state index contributed by atoms with van der Waals surface area (Å²) in [5, 5.41) is 1.11. The minimum Gasteiger partial charge on any atom is -0.328 e. The Balaban J connectivity index is 2.51. The van der Waals surface area contributed by atoms with Crippen LogP contribution in [0.25, 0.3) is 0 Å². The molecule has 1 aromatic carbocycles. The first-order valence-corrected chi connectivity index (χ1v) is 6.46. The van der Waals surface area contributed by atoms with Gasteiger partial charge in [-0.15, -0.1) is 0 Å². The van der Waals surface area contributed by atoms with Gasteiger partial charge in [0.05, 0.1) is 0 Å². The van der Waals surface area contributed by atoms with Gasteiger partial charge in [-0.25, -0.2) is 0 Å². The molecule has 17 heavy (non-hydrogen) atoms. The van der Waals surface area contributed by atoms with Gasteiger partial charge < -0.3 is 5.73 Å². The maximum absolute atomic E-state index is 11.7. The average molecular weight is 274 g/mol. The van der Waals surface area contributed by atoms with Gasteiger partial charge in [0, 0.05) is 28.9 Å². The Labute approximate surface area is 112 Å². The summed E-state index contributed by atoms with van der Waals surface area (Å²) in [4.78, 5) is 11.7. The second-order valence-corrected chi connectivity index (χ2v) is 5.10. The van der Waals surface area contributed by atoms with E-state index in [-0.39, 0.29) is 11.8 Å². The number of Topliss-reactive ketones (excluding diaryl/α,β-unsaturated/α-hetero) is 1. The molecule has 0 heterocycles. The lowest BCUT2D eigenvalue weighted by Gasteiger charge is -2.07. The summed E-state index contributed by atoms with van der Waals surface area (Å²) in [6, 6.07) is 5.41. The van der Waals surface area contributed by atoms with Gasteiger partial charge in [0.25, 0.3) is 0 Å². The lowest BCUT2D eigenvalue weighted by atomic mass is 10.0. The van der Waals surface area contributed by atoms with Gasteiger partial charge in [-0.1, -0.05) is 29.3 Å². The molecular formula is C13H17Cl2NO. The van der Waals surface area contributed by atoms with Gasteiger partial charge in [-0.3, -0.25) is 4.79 Å². The zero-order valence-electron chi connectivity index (χ0n) is 9.88. The van der Waals surface area contributed by atoms with E-state index in [2.05, 4.69) is 0 Å². The fourth-order valence-electron chi connectivity index (χ4n) is 1.61. The molecular weight excluding hydrogens is 257 g/mol. The molecule has 1 rings (SSSR count). The van der Waals surface area contributed by atoms with Crippen molar-refractivity contribution in [1.29, 1.82) is 0 Å². The topological polar surface area (TPSA) is 43.1 Å². The third-order valence-electron chi connectivity index (χ3n) is 2.55. The second kappa shape index (κ2) is 7.00. The summed E-state index contributed by atoms with van der Waals surface area (Å²) in [7, 11) is 0. The maximum Gasteiger partial charge on any atom is 0.137 e. The van der Waals surface area contributed by atoms with Crippen molar-refractivity contribution < 1.29 is 4.79 Å². The average Bonchev–Trinajstić information content (AvgIpc) is 2.23. The molecule has 0 saturated heterocycles. The Morgan fingerprint density at radius 1 is 1.35 bits per heavy atom. The van der Waals surface area contributed by atoms with Crippen molar-refractivity contribution in [2.45, 2.75) is 38.6 Å². The van der Waals surface area contributed by atoms with Crippen molar-refractivity contribution >= 4 is 29.0 Å². The molecule has 94 valence electrons. The first-order valence-electron chi connectivity index (χ1n) is 5.71. The number of carbonyl (C=O) groups is 1. The zero-order valence-corrected chi connectivity index (χ0v) is 11.4. The molecule has 0 aromatic heterocycles. The fraction of sp³-hybridized carbons (Fsp3) is 0.462. The van der Waals surface area contributed by atoms with Crippen molar-refractivity contribution in [1.82, 2.24) is 0 Å². The molecule has 0 saturated carbocycles. The third-order valence-corrected chi connectivity index (χ3v) is 3.26. The summed E-state index contributed by atoms with van der Waals surface area (Å²) in [6.07, 6.45) is 2.51. The number of rotatable bonds is 6. The molecule has 4 heteroatoms. The Hall–Kier alpha value is -0.570. The first-order chi connectivity index (χ1) is 8.00. The highest BCUT2D eigenvalue weighted by Gasteiger charge is 2.10. The van der Waals surface area contributed by atoms with Crippen molar-refractivity contribution in [2.75, 3.05) is 0 Å². The van der Waals surface area contributed by atoms with E-state index in [4.69, 9.17) is 28.9 Å². The molecule has 0 radical (unpaired) electrons. The second-order valence-electron chi connectivity index (χ2n) is 4.29. The number of hydrogen-bond donors (Lipinski definition) is 1. The van der Waals surface area contributed by atoms with Crippen LogP contribution in [-0.2, 0) is 11.2 Å². The van der Waals surface area contributed by atoms with Gasteiger partial charge in [0.2, 0.25) is 0 Å². The Bertz CT molecular complexity index is 371. The zero-order chi connectivity index (χ0) is 12.8. The van der Waals surface area contributed by atoms with Crippen molar-refractivity contribution in [2.24, 2.45) is 5.73 Å². The minimum atomic E-state index is 0.145. The number of nitrogens with two attached hydrogens (primary N) is 1. The minimum absolute atomic E-state index is 0.145. The SMILES string of the molecule is CC(N)CCCC(=O)Cc1c(Cl)cccc1Cl. The van der Waals surface area contributed by atoms with E-state index in [1.54, 1.807) is 18.2 Å². The number of halogens is 2. The number of benzene rings is 1. The van der Waals surface area contributed by atoms with Crippen LogP contribution in [0.4, 0.5) is 0 Å². The highest BCUT2D eigenvalue weighted by molar-refractivity contribution is 6.36. The van der Waals surface area contributed by atoms with Gasteiger partial charge in [-0.05, 0) is 37.5 Å². The smallest absolute Gasteiger partial charge is 0.137 e. The third kappa shape index (κ3) is 5.07. The van der Waals surface area contributed by atoms with Gasteiger partial charge >= 0.3 is 0 Å². The van der Waals surface area contributed by atoms with Crippen LogP contribution in [0.15, 0.2) is 18.2 Å². The highest BCUT2D eigenvalue weighted by atomic mass is 35.5. The summed E-state index contributed by atoms with van der Waals surface area (Å²) in [5.41, 5.74) is 6.35. The predicted molar refractivity (Wildman–Crippen MR) is 72.7 cm³/mol. The van der Waals surface area contributed by atoms with Crippen LogP contribution >= 0.6 is 23.2 Å². The molecule has 0 aliphatic carbocycles. The van der Waals surface area contributed by atoms with E-state index in [1.165, 1.54) is 0 Å². The predicted octanol–water partition coefficient (Wildman–Crippen LogP) is 3.62. The van der Waals surface area contributed by atoms with Gasteiger partial charge in [-0.2, -0.15) is 0 Å². The van der Waals surface area contributed by atoms with E-state index in [1.807, 2.05) is 6.92 Å². The van der Waals surface area contributed by atoms with E-state index in [9.17, 15) is 4.79 Å². The lowest BCUT2D eigenvalue weighted by molar-refractivity contribution is -0.118. The summed E-state index contributed by atoms with van der Waals surface area (Å²) < 4.78 is 0. The van der Waals surface area contributed by atoms with Crippen LogP contribution in [0.1, 0.15) is 31.7 Å². The molecule has 0 bridgehead atoms. The molecule has 2 nitrogen and oxygen atoms in total. The largest absolute Gasteiger partial charge is 0.328 e. The van der Waals surface area contributed by atoms with E-state index < -0.39 is 0 Å². The van der Waals surface area contributed by atoms with Gasteiger partial charge in [0.15, 0.2) is 0 Å². The Kier molecular flexibility index (Phi) is 5.96. The van der Waals surface area contributed by atoms with Crippen LogP contribution in [0, 0.1) is 0 Å². The van der Waals surface area contributed by atoms with Crippen LogP contribution in [0.2, 0.25) is 10.0 Å². The molecule has 0 aliphatic heterocycles. The Morgan fingerprint density at radius 3 is 2.47 bits per heavy atom. The molecule has 1 unspecified atom stereocenters. The number of carbonyl (C=O) groups excluding carboxylic acids is 1. The molecule has 1 atom stereocenters. The molecule has 2 N–H and O–H groups in total. The molecule has 0 amide bonds. The van der Waals surface area contributed by atoms with E-state index in [0.29, 0.717) is 22.9 Å². The van der Waals surface area contributed by atoms with Crippen LogP contribution in [-0.4, -0.2) is 11.8 Å². The first kappa shape index (κ1) is 14.5. The van der Waals surface area contributed by atoms with E-state index >= 15 is 0 Å². The lowest BCUT2D eigenvalue weighted by Crippen LogP contribution is -2.15. The van der Waals surface area contributed by atoms with Gasteiger partial charge in [0.1, 0.15) is 5.78 Å². The molecule has 0 aliphatic rings. The Morgan fingerprint density at radius 2 is 1.94 bits per heavy atom. The fourth-order valence-corrected chi connectivity index (χ4v) is 2.14. The van der Waals surface area contributed by atoms with Crippen molar-refractivity contribution in [3.8, 4) is 0 Å². The van der Waals surface area contributed by atoms with Crippen LogP contribution < -0.4 is 5.73 Å². The molecule has 1 aromatic rings. The molecule has 0 fully saturated rings.